The molecule has 5 nitrogen and oxygen atoms in total. The molecule has 0 spiro atoms. The van der Waals surface area contributed by atoms with Gasteiger partial charge in [-0.2, -0.15) is 5.26 Å². The topological polar surface area (TPSA) is 61.9 Å². The molecule has 0 aliphatic carbocycles. The van der Waals surface area contributed by atoms with E-state index in [1.165, 1.54) is 12.8 Å². The maximum absolute atomic E-state index is 13.4. The monoisotopic (exact) mass is 344 g/mol. The number of aromatic nitrogens is 2. The fourth-order valence-corrected chi connectivity index (χ4v) is 3.62. The highest BCUT2D eigenvalue weighted by atomic mass is 16.1. The lowest BCUT2D eigenvalue weighted by molar-refractivity contribution is 0.726. The lowest BCUT2D eigenvalue weighted by Gasteiger charge is -2.23. The van der Waals surface area contributed by atoms with E-state index in [1.807, 2.05) is 24.3 Å². The predicted molar refractivity (Wildman–Crippen MR) is 103 cm³/mol. The number of pyridine rings is 2. The summed E-state index contributed by atoms with van der Waals surface area (Å²) in [7, 11) is 0. The third kappa shape index (κ3) is 2.95. The van der Waals surface area contributed by atoms with Gasteiger partial charge in [0.25, 0.3) is 5.56 Å². The van der Waals surface area contributed by atoms with Crippen LogP contribution in [0.2, 0.25) is 0 Å². The Kier molecular flexibility index (Phi) is 4.40. The Labute approximate surface area is 152 Å². The molecule has 2 aromatic heterocycles. The molecule has 1 saturated heterocycles. The van der Waals surface area contributed by atoms with Crippen LogP contribution < -0.4 is 10.5 Å². The lowest BCUT2D eigenvalue weighted by atomic mass is 10.2. The van der Waals surface area contributed by atoms with Crippen molar-refractivity contribution in [3.8, 4) is 11.8 Å². The third-order valence-corrected chi connectivity index (χ3v) is 4.92. The highest BCUT2D eigenvalue weighted by Crippen LogP contribution is 2.22. The number of rotatable bonds is 2. The molecule has 0 N–H and O–H groups in total. The zero-order chi connectivity index (χ0) is 17.9. The van der Waals surface area contributed by atoms with Crippen LogP contribution in [0.25, 0.3) is 16.7 Å². The Morgan fingerprint density at radius 3 is 2.58 bits per heavy atom. The van der Waals surface area contributed by atoms with Gasteiger partial charge in [-0.3, -0.25) is 9.36 Å². The first kappa shape index (κ1) is 16.3. The van der Waals surface area contributed by atoms with E-state index in [0.29, 0.717) is 16.9 Å². The van der Waals surface area contributed by atoms with Crippen molar-refractivity contribution in [3.05, 3.63) is 64.6 Å². The third-order valence-electron chi connectivity index (χ3n) is 4.92. The van der Waals surface area contributed by atoms with Crippen molar-refractivity contribution in [2.45, 2.75) is 25.7 Å². The van der Waals surface area contributed by atoms with Crippen LogP contribution in [0, 0.1) is 11.3 Å². The van der Waals surface area contributed by atoms with E-state index in [1.54, 1.807) is 29.0 Å². The SMILES string of the molecule is N#Cc1cccc(-n2c(=O)c(N3CCCCCC3)cc3cccnc32)c1. The summed E-state index contributed by atoms with van der Waals surface area (Å²) in [5, 5.41) is 10.1. The Morgan fingerprint density at radius 2 is 1.81 bits per heavy atom. The molecule has 3 aromatic rings. The van der Waals surface area contributed by atoms with Gasteiger partial charge >= 0.3 is 0 Å². The molecule has 0 saturated carbocycles. The van der Waals surface area contributed by atoms with Crippen LogP contribution in [0.1, 0.15) is 31.2 Å². The molecule has 1 aliphatic heterocycles. The second kappa shape index (κ2) is 7.01. The Balaban J connectivity index is 1.97. The van der Waals surface area contributed by atoms with E-state index >= 15 is 0 Å². The first-order valence-electron chi connectivity index (χ1n) is 9.04. The maximum Gasteiger partial charge on any atom is 0.280 e. The summed E-state index contributed by atoms with van der Waals surface area (Å²) in [6, 6.07) is 15.1. The molecule has 4 rings (SSSR count). The molecule has 1 fully saturated rings. The molecular weight excluding hydrogens is 324 g/mol. The highest BCUT2D eigenvalue weighted by Gasteiger charge is 2.18. The number of hydrogen-bond acceptors (Lipinski definition) is 4. The van der Waals surface area contributed by atoms with Gasteiger partial charge in [0.1, 0.15) is 11.3 Å². The number of nitriles is 1. The van der Waals surface area contributed by atoms with E-state index in [4.69, 9.17) is 0 Å². The predicted octanol–water partition coefficient (Wildman–Crippen LogP) is 3.64. The minimum atomic E-state index is -0.0758. The van der Waals surface area contributed by atoms with Crippen LogP contribution in [0.3, 0.4) is 0 Å². The van der Waals surface area contributed by atoms with Crippen molar-refractivity contribution in [2.75, 3.05) is 18.0 Å². The van der Waals surface area contributed by atoms with E-state index < -0.39 is 0 Å². The van der Waals surface area contributed by atoms with Crippen molar-refractivity contribution in [1.29, 1.82) is 5.26 Å². The molecular formula is C21H20N4O. The summed E-state index contributed by atoms with van der Waals surface area (Å²) in [5.74, 6) is 0. The Bertz CT molecular complexity index is 1040. The molecule has 1 aromatic carbocycles. The smallest absolute Gasteiger partial charge is 0.280 e. The van der Waals surface area contributed by atoms with Crippen LogP contribution in [0.15, 0.2) is 53.5 Å². The number of benzene rings is 1. The number of fused-ring (bicyclic) bond motifs is 1. The highest BCUT2D eigenvalue weighted by molar-refractivity contribution is 5.80. The first-order valence-corrected chi connectivity index (χ1v) is 9.04. The van der Waals surface area contributed by atoms with Crippen molar-refractivity contribution >= 4 is 16.7 Å². The molecule has 0 amide bonds. The molecule has 3 heterocycles. The van der Waals surface area contributed by atoms with Gasteiger partial charge in [-0.1, -0.05) is 18.9 Å². The summed E-state index contributed by atoms with van der Waals surface area (Å²) in [6.07, 6.45) is 6.33. The minimum absolute atomic E-state index is 0.0758. The van der Waals surface area contributed by atoms with Crippen LogP contribution in [0.5, 0.6) is 0 Å². The zero-order valence-corrected chi connectivity index (χ0v) is 14.6. The number of hydrogen-bond donors (Lipinski definition) is 0. The van der Waals surface area contributed by atoms with Crippen molar-refractivity contribution < 1.29 is 0 Å². The summed E-state index contributed by atoms with van der Waals surface area (Å²) < 4.78 is 1.64. The summed E-state index contributed by atoms with van der Waals surface area (Å²) >= 11 is 0. The Hall–Kier alpha value is -3.13. The molecule has 0 atom stereocenters. The Morgan fingerprint density at radius 1 is 1.00 bits per heavy atom. The van der Waals surface area contributed by atoms with Gasteiger partial charge in [-0.15, -0.1) is 0 Å². The molecule has 26 heavy (non-hydrogen) atoms. The van der Waals surface area contributed by atoms with Gasteiger partial charge < -0.3 is 4.90 Å². The average Bonchev–Trinajstić information content (AvgIpc) is 2.97. The van der Waals surface area contributed by atoms with E-state index in [9.17, 15) is 10.1 Å². The first-order chi connectivity index (χ1) is 12.8. The maximum atomic E-state index is 13.4. The molecule has 1 aliphatic rings. The van der Waals surface area contributed by atoms with E-state index in [-0.39, 0.29) is 5.56 Å². The van der Waals surface area contributed by atoms with E-state index in [0.717, 1.165) is 37.0 Å². The van der Waals surface area contributed by atoms with Crippen LogP contribution in [-0.4, -0.2) is 22.6 Å². The summed E-state index contributed by atoms with van der Waals surface area (Å²) in [6.45, 7) is 1.80. The van der Waals surface area contributed by atoms with Crippen molar-refractivity contribution in [3.63, 3.8) is 0 Å². The van der Waals surface area contributed by atoms with Gasteiger partial charge in [0, 0.05) is 24.7 Å². The largest absolute Gasteiger partial charge is 0.367 e. The van der Waals surface area contributed by atoms with Gasteiger partial charge in [0.2, 0.25) is 0 Å². The molecule has 0 bridgehead atoms. The normalized spacial score (nSPS) is 14.8. The van der Waals surface area contributed by atoms with E-state index in [2.05, 4.69) is 16.0 Å². The van der Waals surface area contributed by atoms with Gasteiger partial charge in [0.15, 0.2) is 0 Å². The lowest BCUT2D eigenvalue weighted by Crippen LogP contribution is -2.32. The molecule has 130 valence electrons. The van der Waals surface area contributed by atoms with Crippen LogP contribution in [-0.2, 0) is 0 Å². The van der Waals surface area contributed by atoms with Crippen molar-refractivity contribution in [2.24, 2.45) is 0 Å². The summed E-state index contributed by atoms with van der Waals surface area (Å²) in [4.78, 5) is 20.0. The minimum Gasteiger partial charge on any atom is -0.367 e. The number of nitrogens with zero attached hydrogens (tertiary/aromatic N) is 4. The van der Waals surface area contributed by atoms with Gasteiger partial charge in [-0.25, -0.2) is 4.98 Å². The second-order valence-corrected chi connectivity index (χ2v) is 6.65. The number of anilines is 1. The zero-order valence-electron chi connectivity index (χ0n) is 14.6. The fourth-order valence-electron chi connectivity index (χ4n) is 3.62. The quantitative estimate of drug-likeness (QED) is 0.712. The van der Waals surface area contributed by atoms with Gasteiger partial charge in [-0.05, 0) is 49.2 Å². The molecule has 0 radical (unpaired) electrons. The molecule has 5 heteroatoms. The average molecular weight is 344 g/mol. The standard InChI is InChI=1S/C21H20N4O/c22-15-16-7-5-9-18(13-16)25-20-17(8-6-10-23-20)14-19(21(25)26)24-11-3-1-2-4-12-24/h5-10,13-14H,1-4,11-12H2. The van der Waals surface area contributed by atoms with Crippen LogP contribution >= 0.6 is 0 Å². The van der Waals surface area contributed by atoms with Crippen molar-refractivity contribution in [1.82, 2.24) is 9.55 Å². The molecule has 0 unspecified atom stereocenters. The van der Waals surface area contributed by atoms with Crippen LogP contribution in [0.4, 0.5) is 5.69 Å². The summed E-state index contributed by atoms with van der Waals surface area (Å²) in [5.41, 5.74) is 2.46. The van der Waals surface area contributed by atoms with Gasteiger partial charge in [0.05, 0.1) is 17.3 Å². The second-order valence-electron chi connectivity index (χ2n) is 6.65. The fraction of sp³-hybridized carbons (Fsp3) is 0.286.